The zero-order valence-electron chi connectivity index (χ0n) is 17.0. The van der Waals surface area contributed by atoms with Crippen molar-refractivity contribution in [3.05, 3.63) is 57.0 Å². The normalized spacial score (nSPS) is 13.3. The van der Waals surface area contributed by atoms with Gasteiger partial charge in [-0.1, -0.05) is 42.8 Å². The highest BCUT2D eigenvalue weighted by Gasteiger charge is 2.19. The van der Waals surface area contributed by atoms with E-state index >= 15 is 0 Å². The first-order valence-electron chi connectivity index (χ1n) is 9.20. The molecule has 2 aromatic rings. The molecule has 1 heterocycles. The van der Waals surface area contributed by atoms with Crippen molar-refractivity contribution in [2.45, 2.75) is 52.8 Å². The SMILES string of the molecule is [2H]C([2H])(OCCC)c1ccc(COc2cnn(C(C)(C)C)c(=O)c2Cl)cc1. The molecule has 1 aromatic heterocycles. The molecule has 2 rings (SSSR count). The predicted octanol–water partition coefficient (Wildman–Crippen LogP) is 4.16. The van der Waals surface area contributed by atoms with Crippen LogP contribution in [-0.4, -0.2) is 16.4 Å². The minimum atomic E-state index is -1.83. The van der Waals surface area contributed by atoms with Gasteiger partial charge < -0.3 is 9.47 Å². The second kappa shape index (κ2) is 8.50. The summed E-state index contributed by atoms with van der Waals surface area (Å²) in [6, 6.07) is 6.82. The molecular weight excluding hydrogens is 340 g/mol. The molecule has 0 aliphatic heterocycles. The van der Waals surface area contributed by atoms with Gasteiger partial charge >= 0.3 is 0 Å². The molecule has 0 amide bonds. The van der Waals surface area contributed by atoms with Crippen LogP contribution in [0.2, 0.25) is 5.02 Å². The lowest BCUT2D eigenvalue weighted by Gasteiger charge is -2.21. The monoisotopic (exact) mass is 366 g/mol. The van der Waals surface area contributed by atoms with Gasteiger partial charge in [0.25, 0.3) is 5.56 Å². The van der Waals surface area contributed by atoms with Crippen LogP contribution in [0.15, 0.2) is 35.3 Å². The maximum absolute atomic E-state index is 12.3. The Morgan fingerprint density at radius 3 is 2.48 bits per heavy atom. The molecule has 0 N–H and O–H groups in total. The van der Waals surface area contributed by atoms with E-state index in [1.165, 1.54) is 10.9 Å². The van der Waals surface area contributed by atoms with Crippen molar-refractivity contribution < 1.29 is 12.2 Å². The maximum atomic E-state index is 12.3. The Hall–Kier alpha value is -1.85. The summed E-state index contributed by atoms with van der Waals surface area (Å²) in [6.45, 7) is 6.22. The topological polar surface area (TPSA) is 53.4 Å². The van der Waals surface area contributed by atoms with Crippen molar-refractivity contribution in [1.82, 2.24) is 9.78 Å². The molecule has 0 atom stereocenters. The lowest BCUT2D eigenvalue weighted by atomic mass is 10.1. The number of ether oxygens (including phenoxy) is 2. The summed E-state index contributed by atoms with van der Waals surface area (Å²) in [6.07, 6.45) is 2.18. The summed E-state index contributed by atoms with van der Waals surface area (Å²) in [7, 11) is 0. The van der Waals surface area contributed by atoms with E-state index in [-0.39, 0.29) is 17.4 Å². The lowest BCUT2D eigenvalue weighted by molar-refractivity contribution is 0.121. The van der Waals surface area contributed by atoms with Crippen LogP contribution in [0, 0.1) is 0 Å². The Morgan fingerprint density at radius 2 is 1.88 bits per heavy atom. The molecule has 0 aliphatic carbocycles. The summed E-state index contributed by atoms with van der Waals surface area (Å²) < 4.78 is 28.1. The Balaban J connectivity index is 2.09. The average Bonchev–Trinajstić information content (AvgIpc) is 2.60. The number of benzene rings is 1. The van der Waals surface area contributed by atoms with Gasteiger partial charge in [-0.05, 0) is 38.3 Å². The fourth-order valence-corrected chi connectivity index (χ4v) is 2.25. The third-order valence-corrected chi connectivity index (χ3v) is 3.71. The van der Waals surface area contributed by atoms with Crippen LogP contribution in [0.25, 0.3) is 0 Å². The molecule has 0 spiro atoms. The van der Waals surface area contributed by atoms with E-state index in [1.807, 2.05) is 27.7 Å². The van der Waals surface area contributed by atoms with E-state index in [0.717, 1.165) is 12.0 Å². The fraction of sp³-hybridized carbons (Fsp3) is 0.474. The summed E-state index contributed by atoms with van der Waals surface area (Å²) >= 11 is 6.14. The molecule has 0 unspecified atom stereocenters. The Bertz CT molecular complexity index is 830. The quantitative estimate of drug-likeness (QED) is 0.738. The lowest BCUT2D eigenvalue weighted by Crippen LogP contribution is -2.36. The van der Waals surface area contributed by atoms with E-state index in [9.17, 15) is 4.79 Å². The number of halogens is 1. The van der Waals surface area contributed by atoms with Crippen LogP contribution in [0.4, 0.5) is 0 Å². The molecule has 0 fully saturated rings. The van der Waals surface area contributed by atoms with Crippen LogP contribution in [0.3, 0.4) is 0 Å². The number of aromatic nitrogens is 2. The fourth-order valence-electron chi connectivity index (χ4n) is 2.06. The van der Waals surface area contributed by atoms with Gasteiger partial charge in [-0.15, -0.1) is 0 Å². The average molecular weight is 367 g/mol. The van der Waals surface area contributed by atoms with Crippen molar-refractivity contribution in [2.24, 2.45) is 0 Å². The molecule has 0 bridgehead atoms. The molecule has 0 saturated carbocycles. The van der Waals surface area contributed by atoms with E-state index in [0.29, 0.717) is 12.2 Å². The summed E-state index contributed by atoms with van der Waals surface area (Å²) in [5.41, 5.74) is 0.361. The van der Waals surface area contributed by atoms with Gasteiger partial charge in [-0.25, -0.2) is 4.68 Å². The number of hydrogen-bond acceptors (Lipinski definition) is 4. The third kappa shape index (κ3) is 5.31. The van der Waals surface area contributed by atoms with E-state index in [2.05, 4.69) is 5.10 Å². The van der Waals surface area contributed by atoms with Crippen molar-refractivity contribution in [1.29, 1.82) is 0 Å². The Labute approximate surface area is 156 Å². The summed E-state index contributed by atoms with van der Waals surface area (Å²) in [5.74, 6) is 0.216. The highest BCUT2D eigenvalue weighted by molar-refractivity contribution is 6.31. The molecule has 5 nitrogen and oxygen atoms in total. The summed E-state index contributed by atoms with van der Waals surface area (Å²) in [4.78, 5) is 12.3. The summed E-state index contributed by atoms with van der Waals surface area (Å²) in [5, 5.41) is 4.11. The highest BCUT2D eigenvalue weighted by atomic mass is 35.5. The maximum Gasteiger partial charge on any atom is 0.289 e. The predicted molar refractivity (Wildman–Crippen MR) is 99.2 cm³/mol. The zero-order valence-corrected chi connectivity index (χ0v) is 15.8. The molecule has 136 valence electrons. The molecule has 0 aliphatic rings. The van der Waals surface area contributed by atoms with E-state index in [4.69, 9.17) is 23.8 Å². The van der Waals surface area contributed by atoms with Crippen LogP contribution in [0.5, 0.6) is 5.75 Å². The Kier molecular flexibility index (Phi) is 5.64. The van der Waals surface area contributed by atoms with Gasteiger partial charge in [0.1, 0.15) is 6.61 Å². The Morgan fingerprint density at radius 1 is 1.24 bits per heavy atom. The van der Waals surface area contributed by atoms with Gasteiger partial charge in [-0.2, -0.15) is 5.10 Å². The van der Waals surface area contributed by atoms with Gasteiger partial charge in [0.2, 0.25) is 0 Å². The second-order valence-electron chi connectivity index (χ2n) is 6.65. The first-order valence-corrected chi connectivity index (χ1v) is 8.58. The number of nitrogens with zero attached hydrogens (tertiary/aromatic N) is 2. The molecule has 25 heavy (non-hydrogen) atoms. The van der Waals surface area contributed by atoms with Gasteiger partial charge in [0.05, 0.1) is 21.0 Å². The highest BCUT2D eigenvalue weighted by Crippen LogP contribution is 2.21. The largest absolute Gasteiger partial charge is 0.485 e. The first kappa shape index (κ1) is 16.6. The molecule has 0 saturated heterocycles. The zero-order chi connectivity index (χ0) is 20.2. The minimum Gasteiger partial charge on any atom is -0.485 e. The first-order chi connectivity index (χ1) is 12.6. The molecule has 6 heteroatoms. The van der Waals surface area contributed by atoms with Crippen LogP contribution in [-0.2, 0) is 23.4 Å². The molecular formula is C19H25ClN2O3. The van der Waals surface area contributed by atoms with Crippen LogP contribution >= 0.6 is 11.6 Å². The third-order valence-electron chi connectivity index (χ3n) is 3.37. The number of rotatable bonds is 7. The number of hydrogen-bond donors (Lipinski definition) is 0. The van der Waals surface area contributed by atoms with Crippen molar-refractivity contribution in [2.75, 3.05) is 6.61 Å². The van der Waals surface area contributed by atoms with Crippen molar-refractivity contribution >= 4 is 11.6 Å². The van der Waals surface area contributed by atoms with Crippen LogP contribution in [0.1, 0.15) is 48.0 Å². The van der Waals surface area contributed by atoms with E-state index in [1.54, 1.807) is 24.3 Å². The standard InChI is InChI=1S/C19H25ClN2O3/c1-5-10-24-12-14-6-8-15(9-7-14)13-25-16-11-21-22(19(2,3)4)18(23)17(16)20/h6-9,11H,5,10,12-13H2,1-4H3/i12D2. The van der Waals surface area contributed by atoms with E-state index < -0.39 is 17.7 Å². The second-order valence-corrected chi connectivity index (χ2v) is 7.02. The molecule has 0 radical (unpaired) electrons. The van der Waals surface area contributed by atoms with Gasteiger partial charge in [0, 0.05) is 6.61 Å². The van der Waals surface area contributed by atoms with Crippen molar-refractivity contribution in [3.63, 3.8) is 0 Å². The smallest absolute Gasteiger partial charge is 0.289 e. The van der Waals surface area contributed by atoms with Crippen LogP contribution < -0.4 is 10.3 Å². The van der Waals surface area contributed by atoms with Gasteiger partial charge in [0.15, 0.2) is 10.8 Å². The van der Waals surface area contributed by atoms with Gasteiger partial charge in [-0.3, -0.25) is 4.79 Å². The van der Waals surface area contributed by atoms with Crippen molar-refractivity contribution in [3.8, 4) is 5.75 Å². The molecule has 1 aromatic carbocycles. The minimum absolute atomic E-state index is 0.0131.